The lowest BCUT2D eigenvalue weighted by Crippen LogP contribution is -2.42. The summed E-state index contributed by atoms with van der Waals surface area (Å²) in [6.45, 7) is 12.6. The summed E-state index contributed by atoms with van der Waals surface area (Å²) in [5.74, 6) is 0.743. The number of nitrogens with one attached hydrogen (secondary N) is 2. The zero-order valence-corrected chi connectivity index (χ0v) is 12.3. The zero-order valence-electron chi connectivity index (χ0n) is 12.3. The van der Waals surface area contributed by atoms with Gasteiger partial charge in [-0.3, -0.25) is 9.69 Å². The van der Waals surface area contributed by atoms with Crippen molar-refractivity contribution in [3.05, 3.63) is 0 Å². The second-order valence-corrected chi connectivity index (χ2v) is 5.84. The molecule has 106 valence electrons. The Morgan fingerprint density at radius 1 is 1.33 bits per heavy atom. The average molecular weight is 255 g/mol. The molecule has 1 rings (SSSR count). The van der Waals surface area contributed by atoms with E-state index in [1.54, 1.807) is 0 Å². The normalized spacial score (nSPS) is 20.1. The summed E-state index contributed by atoms with van der Waals surface area (Å²) >= 11 is 0. The van der Waals surface area contributed by atoms with Gasteiger partial charge in [0.2, 0.25) is 5.91 Å². The summed E-state index contributed by atoms with van der Waals surface area (Å²) < 4.78 is 0. The van der Waals surface area contributed by atoms with Crippen LogP contribution in [0.2, 0.25) is 0 Å². The molecule has 1 saturated heterocycles. The number of rotatable bonds is 7. The molecule has 1 aliphatic rings. The topological polar surface area (TPSA) is 44.4 Å². The minimum Gasteiger partial charge on any atom is -0.355 e. The van der Waals surface area contributed by atoms with E-state index in [4.69, 9.17) is 0 Å². The van der Waals surface area contributed by atoms with Crippen LogP contribution in [0.15, 0.2) is 0 Å². The van der Waals surface area contributed by atoms with Crippen molar-refractivity contribution in [3.8, 4) is 0 Å². The smallest absolute Gasteiger partial charge is 0.220 e. The maximum absolute atomic E-state index is 11.8. The van der Waals surface area contributed by atoms with Crippen LogP contribution in [0.25, 0.3) is 0 Å². The minimum atomic E-state index is 0.205. The monoisotopic (exact) mass is 255 g/mol. The van der Waals surface area contributed by atoms with Crippen LogP contribution in [0.1, 0.15) is 40.5 Å². The molecule has 0 aromatic rings. The first-order valence-corrected chi connectivity index (χ1v) is 7.24. The van der Waals surface area contributed by atoms with Gasteiger partial charge in [-0.05, 0) is 53.1 Å². The fourth-order valence-corrected chi connectivity index (χ4v) is 2.66. The highest BCUT2D eigenvalue weighted by atomic mass is 16.1. The van der Waals surface area contributed by atoms with Crippen molar-refractivity contribution in [2.45, 2.75) is 52.6 Å². The Hall–Kier alpha value is -0.610. The lowest BCUT2D eigenvalue weighted by atomic mass is 10.0. The Kier molecular flexibility index (Phi) is 6.65. The first-order valence-electron chi connectivity index (χ1n) is 7.24. The highest BCUT2D eigenvalue weighted by Gasteiger charge is 2.18. The Balaban J connectivity index is 2.17. The summed E-state index contributed by atoms with van der Waals surface area (Å²) in [5.41, 5.74) is 0. The van der Waals surface area contributed by atoms with Gasteiger partial charge in [0.15, 0.2) is 0 Å². The predicted molar refractivity (Wildman–Crippen MR) is 75.6 cm³/mol. The lowest BCUT2D eigenvalue weighted by molar-refractivity contribution is -0.122. The molecule has 4 nitrogen and oxygen atoms in total. The van der Waals surface area contributed by atoms with Crippen LogP contribution >= 0.6 is 0 Å². The number of carbonyl (C=O) groups excluding carboxylic acids is 1. The van der Waals surface area contributed by atoms with Crippen LogP contribution in [-0.4, -0.2) is 49.1 Å². The van der Waals surface area contributed by atoms with Crippen LogP contribution in [0.4, 0.5) is 0 Å². The number of amides is 1. The van der Waals surface area contributed by atoms with Gasteiger partial charge in [0.05, 0.1) is 0 Å². The first-order chi connectivity index (χ1) is 8.50. The number of hydrogen-bond acceptors (Lipinski definition) is 3. The van der Waals surface area contributed by atoms with Crippen LogP contribution in [0, 0.1) is 5.92 Å². The predicted octanol–water partition coefficient (Wildman–Crippen LogP) is 1.22. The average Bonchev–Trinajstić information content (AvgIpc) is 2.75. The second-order valence-electron chi connectivity index (χ2n) is 5.84. The van der Waals surface area contributed by atoms with E-state index in [0.717, 1.165) is 32.6 Å². The third kappa shape index (κ3) is 5.36. The van der Waals surface area contributed by atoms with E-state index in [0.29, 0.717) is 24.4 Å². The van der Waals surface area contributed by atoms with E-state index < -0.39 is 0 Å². The fourth-order valence-electron chi connectivity index (χ4n) is 2.66. The van der Waals surface area contributed by atoms with Crippen molar-refractivity contribution < 1.29 is 4.79 Å². The molecule has 18 heavy (non-hydrogen) atoms. The van der Waals surface area contributed by atoms with Crippen LogP contribution in [-0.2, 0) is 4.79 Å². The molecule has 0 bridgehead atoms. The van der Waals surface area contributed by atoms with Gasteiger partial charge in [-0.2, -0.15) is 0 Å². The third-order valence-corrected chi connectivity index (χ3v) is 3.66. The van der Waals surface area contributed by atoms with Gasteiger partial charge in [-0.25, -0.2) is 0 Å². The molecule has 1 fully saturated rings. The molecule has 0 spiro atoms. The zero-order chi connectivity index (χ0) is 13.5. The molecule has 1 heterocycles. The first kappa shape index (κ1) is 15.4. The van der Waals surface area contributed by atoms with Crippen LogP contribution in [0.3, 0.4) is 0 Å². The Bertz CT molecular complexity index is 239. The van der Waals surface area contributed by atoms with E-state index in [9.17, 15) is 4.79 Å². The summed E-state index contributed by atoms with van der Waals surface area (Å²) in [7, 11) is 0. The lowest BCUT2D eigenvalue weighted by Gasteiger charge is -2.30. The van der Waals surface area contributed by atoms with Gasteiger partial charge < -0.3 is 10.6 Å². The summed E-state index contributed by atoms with van der Waals surface area (Å²) in [6, 6.07) is 1.06. The minimum absolute atomic E-state index is 0.205. The SMILES string of the molecule is CC(C)N(CCNC(=O)CC1CCNC1)C(C)C. The van der Waals surface area contributed by atoms with Crippen LogP contribution < -0.4 is 10.6 Å². The second kappa shape index (κ2) is 7.74. The summed E-state index contributed by atoms with van der Waals surface area (Å²) in [6.07, 6.45) is 1.81. The van der Waals surface area contributed by atoms with Crippen molar-refractivity contribution in [2.24, 2.45) is 5.92 Å². The van der Waals surface area contributed by atoms with Gasteiger partial charge in [0, 0.05) is 31.6 Å². The Morgan fingerprint density at radius 2 is 2.00 bits per heavy atom. The van der Waals surface area contributed by atoms with Gasteiger partial charge in [-0.1, -0.05) is 0 Å². The molecule has 0 saturated carbocycles. The number of hydrogen-bond donors (Lipinski definition) is 2. The summed E-state index contributed by atoms with van der Waals surface area (Å²) in [4.78, 5) is 14.2. The van der Waals surface area contributed by atoms with Crippen molar-refractivity contribution in [1.29, 1.82) is 0 Å². The standard InChI is InChI=1S/C14H29N3O/c1-11(2)17(12(3)4)8-7-16-14(18)9-13-5-6-15-10-13/h11-13,15H,5-10H2,1-4H3,(H,16,18). The largest absolute Gasteiger partial charge is 0.355 e. The molecule has 4 heteroatoms. The van der Waals surface area contributed by atoms with Gasteiger partial charge >= 0.3 is 0 Å². The number of nitrogens with zero attached hydrogens (tertiary/aromatic N) is 1. The molecule has 0 aliphatic carbocycles. The quantitative estimate of drug-likeness (QED) is 0.719. The van der Waals surface area contributed by atoms with Crippen molar-refractivity contribution in [2.75, 3.05) is 26.2 Å². The van der Waals surface area contributed by atoms with Crippen molar-refractivity contribution in [1.82, 2.24) is 15.5 Å². The molecule has 1 amide bonds. The molecular weight excluding hydrogens is 226 g/mol. The fraction of sp³-hybridized carbons (Fsp3) is 0.929. The molecule has 0 aromatic heterocycles. The van der Waals surface area contributed by atoms with E-state index in [-0.39, 0.29) is 5.91 Å². The maximum atomic E-state index is 11.8. The number of carbonyl (C=O) groups is 1. The van der Waals surface area contributed by atoms with Crippen molar-refractivity contribution in [3.63, 3.8) is 0 Å². The summed E-state index contributed by atoms with van der Waals surface area (Å²) in [5, 5.41) is 6.34. The molecule has 2 N–H and O–H groups in total. The molecule has 1 unspecified atom stereocenters. The van der Waals surface area contributed by atoms with Crippen LogP contribution in [0.5, 0.6) is 0 Å². The van der Waals surface area contributed by atoms with Gasteiger partial charge in [0.1, 0.15) is 0 Å². The highest BCUT2D eigenvalue weighted by Crippen LogP contribution is 2.11. The van der Waals surface area contributed by atoms with E-state index in [2.05, 4.69) is 43.2 Å². The molecule has 0 aromatic carbocycles. The highest BCUT2D eigenvalue weighted by molar-refractivity contribution is 5.76. The van der Waals surface area contributed by atoms with Crippen molar-refractivity contribution >= 4 is 5.91 Å². The third-order valence-electron chi connectivity index (χ3n) is 3.66. The van der Waals surface area contributed by atoms with Gasteiger partial charge in [-0.15, -0.1) is 0 Å². The van der Waals surface area contributed by atoms with E-state index in [1.165, 1.54) is 0 Å². The van der Waals surface area contributed by atoms with Gasteiger partial charge in [0.25, 0.3) is 0 Å². The molecular formula is C14H29N3O. The maximum Gasteiger partial charge on any atom is 0.220 e. The molecule has 0 radical (unpaired) electrons. The Morgan fingerprint density at radius 3 is 2.50 bits per heavy atom. The van der Waals surface area contributed by atoms with E-state index in [1.807, 2.05) is 0 Å². The molecule has 1 aliphatic heterocycles. The van der Waals surface area contributed by atoms with E-state index >= 15 is 0 Å². The molecule has 1 atom stereocenters. The Labute approximate surface area is 111 Å².